The number of ether oxygens (including phenoxy) is 1. The zero-order valence-electron chi connectivity index (χ0n) is 14.3. The number of fused-ring (bicyclic) bond motifs is 1. The zero-order valence-corrected chi connectivity index (χ0v) is 14.3. The highest BCUT2D eigenvalue weighted by atomic mass is 19.1. The molecular formula is C20H19F2NO3. The Bertz CT molecular complexity index is 817. The summed E-state index contributed by atoms with van der Waals surface area (Å²) in [6.07, 6.45) is 1.65. The van der Waals surface area contributed by atoms with Gasteiger partial charge in [-0.3, -0.25) is 4.79 Å². The smallest absolute Gasteiger partial charge is 0.339 e. The Hall–Kier alpha value is -2.76. The van der Waals surface area contributed by atoms with Crippen LogP contribution in [0.2, 0.25) is 0 Å². The van der Waals surface area contributed by atoms with Crippen LogP contribution in [0.1, 0.15) is 47.3 Å². The largest absolute Gasteiger partial charge is 0.449 e. The summed E-state index contributed by atoms with van der Waals surface area (Å²) in [5.74, 6) is -3.16. The van der Waals surface area contributed by atoms with Gasteiger partial charge in [-0.25, -0.2) is 13.6 Å². The maximum absolute atomic E-state index is 13.2. The number of carbonyl (C=O) groups is 2. The third-order valence-electron chi connectivity index (χ3n) is 4.44. The van der Waals surface area contributed by atoms with Crippen LogP contribution in [-0.2, 0) is 16.0 Å². The number of aryl methyl sites for hydroxylation is 1. The predicted octanol–water partition coefficient (Wildman–Crippen LogP) is 3.70. The minimum absolute atomic E-state index is 0.139. The molecule has 1 amide bonds. The van der Waals surface area contributed by atoms with Crippen LogP contribution in [0.4, 0.5) is 8.78 Å². The first-order valence-corrected chi connectivity index (χ1v) is 8.49. The average molecular weight is 359 g/mol. The third kappa shape index (κ3) is 4.07. The molecule has 136 valence electrons. The van der Waals surface area contributed by atoms with Crippen LogP contribution in [-0.4, -0.2) is 18.0 Å². The van der Waals surface area contributed by atoms with Crippen LogP contribution in [0.5, 0.6) is 0 Å². The van der Waals surface area contributed by atoms with Gasteiger partial charge in [-0.15, -0.1) is 0 Å². The topological polar surface area (TPSA) is 55.4 Å². The molecule has 2 aromatic carbocycles. The number of rotatable bonds is 4. The average Bonchev–Trinajstić information content (AvgIpc) is 2.61. The molecule has 1 aliphatic rings. The van der Waals surface area contributed by atoms with Crippen LogP contribution in [0.15, 0.2) is 42.5 Å². The van der Waals surface area contributed by atoms with Crippen LogP contribution < -0.4 is 5.32 Å². The second-order valence-corrected chi connectivity index (χ2v) is 6.36. The number of benzene rings is 2. The minimum atomic E-state index is -1.08. The van der Waals surface area contributed by atoms with Crippen molar-refractivity contribution in [3.63, 3.8) is 0 Å². The van der Waals surface area contributed by atoms with Crippen LogP contribution in [0.3, 0.4) is 0 Å². The van der Waals surface area contributed by atoms with Gasteiger partial charge in [-0.1, -0.05) is 24.3 Å². The molecule has 1 N–H and O–H groups in total. The number of hydrogen-bond donors (Lipinski definition) is 1. The summed E-state index contributed by atoms with van der Waals surface area (Å²) in [5, 5.41) is 2.89. The highest BCUT2D eigenvalue weighted by molar-refractivity contribution is 5.92. The van der Waals surface area contributed by atoms with E-state index in [1.165, 1.54) is 12.5 Å². The summed E-state index contributed by atoms with van der Waals surface area (Å²) in [6, 6.07) is 10.2. The van der Waals surface area contributed by atoms with E-state index in [4.69, 9.17) is 4.74 Å². The van der Waals surface area contributed by atoms with Crippen LogP contribution in [0, 0.1) is 11.6 Å². The monoisotopic (exact) mass is 359 g/mol. The fourth-order valence-electron chi connectivity index (χ4n) is 3.15. The normalized spacial score (nSPS) is 17.1. The Labute approximate surface area is 150 Å². The van der Waals surface area contributed by atoms with E-state index in [0.717, 1.165) is 37.0 Å². The van der Waals surface area contributed by atoms with E-state index in [9.17, 15) is 18.4 Å². The molecule has 1 aliphatic carbocycles. The molecule has 0 aromatic heterocycles. The lowest BCUT2D eigenvalue weighted by atomic mass is 9.87. The van der Waals surface area contributed by atoms with Gasteiger partial charge in [0.2, 0.25) is 0 Å². The van der Waals surface area contributed by atoms with Gasteiger partial charge in [0, 0.05) is 6.07 Å². The molecule has 2 aromatic rings. The summed E-state index contributed by atoms with van der Waals surface area (Å²) in [6.45, 7) is 1.43. The van der Waals surface area contributed by atoms with Crippen molar-refractivity contribution in [2.75, 3.05) is 0 Å². The van der Waals surface area contributed by atoms with Crippen molar-refractivity contribution in [1.29, 1.82) is 0 Å². The van der Waals surface area contributed by atoms with Gasteiger partial charge in [-0.05, 0) is 49.4 Å². The maximum atomic E-state index is 13.2. The third-order valence-corrected chi connectivity index (χ3v) is 4.44. The van der Waals surface area contributed by atoms with Gasteiger partial charge in [0.05, 0.1) is 11.6 Å². The number of hydrogen-bond acceptors (Lipinski definition) is 3. The quantitative estimate of drug-likeness (QED) is 0.847. The number of halogens is 2. The summed E-state index contributed by atoms with van der Waals surface area (Å²) in [7, 11) is 0. The van der Waals surface area contributed by atoms with Crippen molar-refractivity contribution >= 4 is 11.9 Å². The second kappa shape index (κ2) is 7.64. The van der Waals surface area contributed by atoms with Gasteiger partial charge >= 0.3 is 5.97 Å². The lowest BCUT2D eigenvalue weighted by molar-refractivity contribution is -0.130. The first-order valence-electron chi connectivity index (χ1n) is 8.49. The summed E-state index contributed by atoms with van der Waals surface area (Å²) >= 11 is 0. The Morgan fingerprint density at radius 1 is 1.15 bits per heavy atom. The SMILES string of the molecule is C[C@H](OC(=O)c1cc(F)cc(F)c1)C(=O)N[C@@H]1CCCc2ccccc21. The Morgan fingerprint density at radius 2 is 1.85 bits per heavy atom. The van der Waals surface area contributed by atoms with Crippen molar-refractivity contribution in [1.82, 2.24) is 5.32 Å². The Morgan fingerprint density at radius 3 is 2.58 bits per heavy atom. The lowest BCUT2D eigenvalue weighted by Crippen LogP contribution is -2.39. The number of esters is 1. The molecular weight excluding hydrogens is 340 g/mol. The summed E-state index contributed by atoms with van der Waals surface area (Å²) in [4.78, 5) is 24.4. The van der Waals surface area contributed by atoms with E-state index < -0.39 is 29.6 Å². The second-order valence-electron chi connectivity index (χ2n) is 6.36. The molecule has 0 saturated heterocycles. The van der Waals surface area contributed by atoms with Gasteiger partial charge < -0.3 is 10.1 Å². The molecule has 2 atom stereocenters. The molecule has 3 rings (SSSR count). The predicted molar refractivity (Wildman–Crippen MR) is 91.5 cm³/mol. The van der Waals surface area contributed by atoms with E-state index in [1.807, 2.05) is 24.3 Å². The minimum Gasteiger partial charge on any atom is -0.449 e. The zero-order chi connectivity index (χ0) is 18.7. The lowest BCUT2D eigenvalue weighted by Gasteiger charge is -2.27. The van der Waals surface area contributed by atoms with Gasteiger partial charge in [0.15, 0.2) is 6.10 Å². The molecule has 0 spiro atoms. The van der Waals surface area contributed by atoms with E-state index in [-0.39, 0.29) is 11.6 Å². The Balaban J connectivity index is 1.64. The fraction of sp³-hybridized carbons (Fsp3) is 0.300. The van der Waals surface area contributed by atoms with Crippen molar-refractivity contribution < 1.29 is 23.1 Å². The molecule has 0 aliphatic heterocycles. The van der Waals surface area contributed by atoms with Gasteiger partial charge in [0.1, 0.15) is 11.6 Å². The van der Waals surface area contributed by atoms with Crippen molar-refractivity contribution in [3.8, 4) is 0 Å². The van der Waals surface area contributed by atoms with Crippen LogP contribution >= 0.6 is 0 Å². The van der Waals surface area contributed by atoms with Crippen molar-refractivity contribution in [3.05, 3.63) is 70.8 Å². The molecule has 26 heavy (non-hydrogen) atoms. The maximum Gasteiger partial charge on any atom is 0.339 e. The highest BCUT2D eigenvalue weighted by Gasteiger charge is 2.25. The molecule has 0 unspecified atom stereocenters. The number of carbonyl (C=O) groups excluding carboxylic acids is 2. The standard InChI is InChI=1S/C20H19F2NO3/c1-12(26-20(25)14-9-15(21)11-16(22)10-14)19(24)23-18-8-4-6-13-5-2-3-7-17(13)18/h2-3,5,7,9-12,18H,4,6,8H2,1H3,(H,23,24)/t12-,18+/m0/s1. The summed E-state index contributed by atoms with van der Waals surface area (Å²) in [5.41, 5.74) is 1.99. The van der Waals surface area contributed by atoms with Crippen LogP contribution in [0.25, 0.3) is 0 Å². The highest BCUT2D eigenvalue weighted by Crippen LogP contribution is 2.29. The van der Waals surface area contributed by atoms with Gasteiger partial charge in [0.25, 0.3) is 5.91 Å². The van der Waals surface area contributed by atoms with E-state index in [0.29, 0.717) is 6.07 Å². The molecule has 0 saturated carbocycles. The molecule has 0 fully saturated rings. The van der Waals surface area contributed by atoms with Crippen molar-refractivity contribution in [2.45, 2.75) is 38.3 Å². The molecule has 4 nitrogen and oxygen atoms in total. The van der Waals surface area contributed by atoms with E-state index in [2.05, 4.69) is 5.32 Å². The molecule has 0 bridgehead atoms. The molecule has 0 radical (unpaired) electrons. The first-order chi connectivity index (χ1) is 12.4. The number of nitrogens with one attached hydrogen (secondary N) is 1. The first kappa shape index (κ1) is 18.0. The fourth-order valence-corrected chi connectivity index (χ4v) is 3.15. The van der Waals surface area contributed by atoms with E-state index >= 15 is 0 Å². The molecule has 0 heterocycles. The van der Waals surface area contributed by atoms with Crippen molar-refractivity contribution in [2.24, 2.45) is 0 Å². The summed E-state index contributed by atoms with van der Waals surface area (Å²) < 4.78 is 31.5. The van der Waals surface area contributed by atoms with Gasteiger partial charge in [-0.2, -0.15) is 0 Å². The van der Waals surface area contributed by atoms with E-state index in [1.54, 1.807) is 0 Å². The Kier molecular flexibility index (Phi) is 5.30. The number of amides is 1. The molecule has 6 heteroatoms.